The number of nitrogens with one attached hydrogen (secondary N) is 1. The van der Waals surface area contributed by atoms with Gasteiger partial charge in [0.25, 0.3) is 0 Å². The van der Waals surface area contributed by atoms with Crippen molar-refractivity contribution in [1.82, 2.24) is 10.3 Å². The molecule has 1 aliphatic heterocycles. The van der Waals surface area contributed by atoms with Gasteiger partial charge in [0.15, 0.2) is 0 Å². The summed E-state index contributed by atoms with van der Waals surface area (Å²) >= 11 is 0. The summed E-state index contributed by atoms with van der Waals surface area (Å²) in [4.78, 5) is 6.24. The maximum atomic E-state index is 12.6. The summed E-state index contributed by atoms with van der Waals surface area (Å²) in [7, 11) is 0. The number of nitrogens with zero attached hydrogens (tertiary/aromatic N) is 2. The van der Waals surface area contributed by atoms with Gasteiger partial charge < -0.3 is 10.2 Å². The van der Waals surface area contributed by atoms with Gasteiger partial charge in [-0.3, -0.25) is 0 Å². The smallest absolute Gasteiger partial charge is 0.352 e. The average Bonchev–Trinajstić information content (AvgIpc) is 2.47. The van der Waals surface area contributed by atoms with Gasteiger partial charge in [0.05, 0.1) is 0 Å². The van der Waals surface area contributed by atoms with Gasteiger partial charge in [0, 0.05) is 37.0 Å². The van der Waals surface area contributed by atoms with Crippen LogP contribution in [0.5, 0.6) is 0 Å². The summed E-state index contributed by atoms with van der Waals surface area (Å²) in [6.45, 7) is 4.29. The van der Waals surface area contributed by atoms with Crippen LogP contribution in [0.15, 0.2) is 30.0 Å². The van der Waals surface area contributed by atoms with Gasteiger partial charge in [-0.2, -0.15) is 13.2 Å². The minimum Gasteiger partial charge on any atom is -0.352 e. The van der Waals surface area contributed by atoms with Crippen LogP contribution in [0, 0.1) is 0 Å². The molecule has 0 bridgehead atoms. The summed E-state index contributed by atoms with van der Waals surface area (Å²) in [6.07, 6.45) is -0.205. The zero-order chi connectivity index (χ0) is 15.3. The fourth-order valence-electron chi connectivity index (χ4n) is 2.37. The summed E-state index contributed by atoms with van der Waals surface area (Å²) in [5.41, 5.74) is 0.593. The highest BCUT2D eigenvalue weighted by Crippen LogP contribution is 2.31. The first-order valence-corrected chi connectivity index (χ1v) is 7.18. The molecule has 0 amide bonds. The Morgan fingerprint density at radius 1 is 1.38 bits per heavy atom. The number of anilines is 1. The highest BCUT2D eigenvalue weighted by atomic mass is 19.4. The van der Waals surface area contributed by atoms with Crippen LogP contribution in [-0.2, 0) is 6.54 Å². The molecular weight excluding hydrogens is 279 g/mol. The SMILES string of the molecule is CCCNCc1cccnc1N1CC=C(C(F)(F)F)CC1. The Morgan fingerprint density at radius 3 is 2.81 bits per heavy atom. The molecule has 0 atom stereocenters. The second-order valence-electron chi connectivity index (χ2n) is 5.09. The lowest BCUT2D eigenvalue weighted by Gasteiger charge is -2.29. The van der Waals surface area contributed by atoms with E-state index in [9.17, 15) is 13.2 Å². The molecule has 6 heteroatoms. The summed E-state index contributed by atoms with van der Waals surface area (Å²) in [5, 5.41) is 3.30. The third-order valence-corrected chi connectivity index (χ3v) is 3.48. The van der Waals surface area contributed by atoms with Crippen molar-refractivity contribution in [2.45, 2.75) is 32.5 Å². The van der Waals surface area contributed by atoms with Crippen molar-refractivity contribution in [2.24, 2.45) is 0 Å². The molecule has 0 spiro atoms. The lowest BCUT2D eigenvalue weighted by atomic mass is 10.1. The van der Waals surface area contributed by atoms with Crippen LogP contribution in [0.4, 0.5) is 19.0 Å². The molecule has 3 nitrogen and oxygen atoms in total. The topological polar surface area (TPSA) is 28.2 Å². The molecule has 1 aromatic heterocycles. The number of pyridine rings is 1. The van der Waals surface area contributed by atoms with E-state index in [0.717, 1.165) is 24.3 Å². The molecule has 1 aliphatic rings. The average molecular weight is 299 g/mol. The second kappa shape index (κ2) is 6.93. The highest BCUT2D eigenvalue weighted by molar-refractivity contribution is 5.48. The first-order chi connectivity index (χ1) is 10.0. The molecule has 2 rings (SSSR count). The van der Waals surface area contributed by atoms with Crippen LogP contribution in [-0.4, -0.2) is 30.8 Å². The molecule has 1 aromatic rings. The van der Waals surface area contributed by atoms with Crippen LogP contribution >= 0.6 is 0 Å². The zero-order valence-electron chi connectivity index (χ0n) is 12.1. The Labute approximate surface area is 122 Å². The lowest BCUT2D eigenvalue weighted by molar-refractivity contribution is -0.0944. The zero-order valence-corrected chi connectivity index (χ0v) is 12.1. The second-order valence-corrected chi connectivity index (χ2v) is 5.09. The first-order valence-electron chi connectivity index (χ1n) is 7.18. The van der Waals surface area contributed by atoms with E-state index in [2.05, 4.69) is 17.2 Å². The predicted molar refractivity (Wildman–Crippen MR) is 77.2 cm³/mol. The Balaban J connectivity index is 2.08. The third kappa shape index (κ3) is 4.20. The monoisotopic (exact) mass is 299 g/mol. The van der Waals surface area contributed by atoms with Gasteiger partial charge in [-0.15, -0.1) is 0 Å². The number of hydrogen-bond acceptors (Lipinski definition) is 3. The van der Waals surface area contributed by atoms with Gasteiger partial charge in [-0.05, 0) is 25.5 Å². The number of hydrogen-bond donors (Lipinski definition) is 1. The summed E-state index contributed by atoms with van der Waals surface area (Å²) in [5.74, 6) is 0.776. The third-order valence-electron chi connectivity index (χ3n) is 3.48. The fourth-order valence-corrected chi connectivity index (χ4v) is 2.37. The van der Waals surface area contributed by atoms with Gasteiger partial charge in [0.1, 0.15) is 5.82 Å². The van der Waals surface area contributed by atoms with E-state index in [-0.39, 0.29) is 13.0 Å². The normalized spacial score (nSPS) is 16.0. The van der Waals surface area contributed by atoms with E-state index in [4.69, 9.17) is 0 Å². The number of alkyl halides is 3. The predicted octanol–water partition coefficient (Wildman–Crippen LogP) is 3.28. The van der Waals surface area contributed by atoms with Gasteiger partial charge in [0.2, 0.25) is 0 Å². The summed E-state index contributed by atoms with van der Waals surface area (Å²) in [6, 6.07) is 3.82. The van der Waals surface area contributed by atoms with Crippen molar-refractivity contribution < 1.29 is 13.2 Å². The molecule has 0 radical (unpaired) electrons. The van der Waals surface area contributed by atoms with Crippen LogP contribution < -0.4 is 10.2 Å². The Bertz CT molecular complexity index is 497. The van der Waals surface area contributed by atoms with Gasteiger partial charge >= 0.3 is 6.18 Å². The van der Waals surface area contributed by atoms with Crippen LogP contribution in [0.25, 0.3) is 0 Å². The van der Waals surface area contributed by atoms with Gasteiger partial charge in [-0.25, -0.2) is 4.98 Å². The van der Waals surface area contributed by atoms with E-state index >= 15 is 0 Å². The van der Waals surface area contributed by atoms with Crippen molar-refractivity contribution in [1.29, 1.82) is 0 Å². The van der Waals surface area contributed by atoms with E-state index in [1.54, 1.807) is 6.20 Å². The Hall–Kier alpha value is -1.56. The fraction of sp³-hybridized carbons (Fsp3) is 0.533. The van der Waals surface area contributed by atoms with Crippen molar-refractivity contribution in [3.05, 3.63) is 35.5 Å². The molecule has 116 valence electrons. The molecular formula is C15H20F3N3. The summed E-state index contributed by atoms with van der Waals surface area (Å²) < 4.78 is 37.9. The standard InChI is InChI=1S/C15H20F3N3/c1-2-7-19-11-12-4-3-8-20-14(12)21-9-5-13(6-10-21)15(16,17)18/h3-5,8,19H,2,6-7,9-11H2,1H3. The van der Waals surface area contributed by atoms with Crippen molar-refractivity contribution in [3.8, 4) is 0 Å². The van der Waals surface area contributed by atoms with Crippen LogP contribution in [0.1, 0.15) is 25.3 Å². The molecule has 0 unspecified atom stereocenters. The largest absolute Gasteiger partial charge is 0.412 e. The van der Waals surface area contributed by atoms with Gasteiger partial charge in [-0.1, -0.05) is 19.1 Å². The molecule has 2 heterocycles. The lowest BCUT2D eigenvalue weighted by Crippen LogP contribution is -2.33. The molecule has 0 saturated carbocycles. The number of halogens is 3. The van der Waals surface area contributed by atoms with E-state index in [0.29, 0.717) is 13.1 Å². The molecule has 0 aliphatic carbocycles. The van der Waals surface area contributed by atoms with Crippen LogP contribution in [0.3, 0.4) is 0 Å². The highest BCUT2D eigenvalue weighted by Gasteiger charge is 2.35. The molecule has 0 saturated heterocycles. The quantitative estimate of drug-likeness (QED) is 0.668. The number of rotatable bonds is 5. The minimum absolute atomic E-state index is 0.0158. The molecule has 21 heavy (non-hydrogen) atoms. The van der Waals surface area contributed by atoms with Crippen molar-refractivity contribution in [3.63, 3.8) is 0 Å². The Kier molecular flexibility index (Phi) is 5.22. The first kappa shape index (κ1) is 15.8. The van der Waals surface area contributed by atoms with Crippen molar-refractivity contribution in [2.75, 3.05) is 24.5 Å². The van der Waals surface area contributed by atoms with E-state index < -0.39 is 11.7 Å². The number of aromatic nitrogens is 1. The van der Waals surface area contributed by atoms with E-state index in [1.165, 1.54) is 6.08 Å². The Morgan fingerprint density at radius 2 is 2.19 bits per heavy atom. The molecule has 0 aromatic carbocycles. The maximum Gasteiger partial charge on any atom is 0.412 e. The maximum absolute atomic E-state index is 12.6. The van der Waals surface area contributed by atoms with E-state index in [1.807, 2.05) is 17.0 Å². The van der Waals surface area contributed by atoms with Crippen LogP contribution in [0.2, 0.25) is 0 Å². The molecule has 0 fully saturated rings. The minimum atomic E-state index is -4.21. The molecule has 1 N–H and O–H groups in total. The van der Waals surface area contributed by atoms with Crippen molar-refractivity contribution >= 4 is 5.82 Å².